The van der Waals surface area contributed by atoms with Gasteiger partial charge in [-0.15, -0.1) is 0 Å². The molecule has 1 aliphatic heterocycles. The van der Waals surface area contributed by atoms with Crippen molar-refractivity contribution in [3.8, 4) is 0 Å². The molecule has 0 saturated carbocycles. The lowest BCUT2D eigenvalue weighted by Crippen LogP contribution is -2.34. The molecule has 1 amide bonds. The number of ketones is 1. The zero-order valence-electron chi connectivity index (χ0n) is 16.3. The molecule has 142 valence electrons. The van der Waals surface area contributed by atoms with Crippen LogP contribution in [0.2, 0.25) is 0 Å². The predicted molar refractivity (Wildman–Crippen MR) is 101 cm³/mol. The molecule has 0 aromatic heterocycles. The first-order valence-electron chi connectivity index (χ1n) is 9.17. The van der Waals surface area contributed by atoms with Crippen molar-refractivity contribution in [3.05, 3.63) is 46.7 Å². The maximum absolute atomic E-state index is 12.8. The van der Waals surface area contributed by atoms with Gasteiger partial charge in [0.25, 0.3) is 5.91 Å². The standard InChI is InChI=1S/C21H29NO4/c1-13(2)11-17(23)18-19(16-8-6-7-15(5)12-16)22(21(25)20(18)24)9-10-26-14(3)4/h6-8,12-14,19,24H,9-11H2,1-5H3. The van der Waals surface area contributed by atoms with Gasteiger partial charge in [-0.25, -0.2) is 0 Å². The highest BCUT2D eigenvalue weighted by atomic mass is 16.5. The van der Waals surface area contributed by atoms with Crippen molar-refractivity contribution in [3.63, 3.8) is 0 Å². The van der Waals surface area contributed by atoms with Gasteiger partial charge in [0.15, 0.2) is 11.5 Å². The number of carbonyl (C=O) groups excluding carboxylic acids is 2. The second-order valence-electron chi connectivity index (χ2n) is 7.52. The number of hydrogen-bond donors (Lipinski definition) is 1. The fourth-order valence-corrected chi connectivity index (χ4v) is 3.22. The minimum atomic E-state index is -0.565. The summed E-state index contributed by atoms with van der Waals surface area (Å²) < 4.78 is 5.58. The van der Waals surface area contributed by atoms with Gasteiger partial charge in [-0.05, 0) is 32.3 Å². The topological polar surface area (TPSA) is 66.8 Å². The molecule has 1 unspecified atom stereocenters. The van der Waals surface area contributed by atoms with Crippen molar-refractivity contribution in [2.45, 2.75) is 53.2 Å². The second-order valence-corrected chi connectivity index (χ2v) is 7.52. The van der Waals surface area contributed by atoms with E-state index in [9.17, 15) is 14.7 Å². The Morgan fingerprint density at radius 3 is 2.54 bits per heavy atom. The van der Waals surface area contributed by atoms with Gasteiger partial charge in [0.05, 0.1) is 24.3 Å². The molecule has 0 radical (unpaired) electrons. The van der Waals surface area contributed by atoms with E-state index >= 15 is 0 Å². The fourth-order valence-electron chi connectivity index (χ4n) is 3.22. The molecule has 1 N–H and O–H groups in total. The first-order chi connectivity index (χ1) is 12.2. The summed E-state index contributed by atoms with van der Waals surface area (Å²) in [4.78, 5) is 27.0. The second kappa shape index (κ2) is 8.49. The first-order valence-corrected chi connectivity index (χ1v) is 9.17. The van der Waals surface area contributed by atoms with Gasteiger partial charge in [-0.1, -0.05) is 43.7 Å². The molecular formula is C21H29NO4. The molecule has 0 aliphatic carbocycles. The molecule has 0 spiro atoms. The normalized spacial score (nSPS) is 17.7. The average Bonchev–Trinajstić information content (AvgIpc) is 2.79. The third-order valence-electron chi connectivity index (χ3n) is 4.34. The van der Waals surface area contributed by atoms with E-state index in [4.69, 9.17) is 4.74 Å². The molecule has 0 saturated heterocycles. The van der Waals surface area contributed by atoms with E-state index in [0.717, 1.165) is 11.1 Å². The van der Waals surface area contributed by atoms with Crippen molar-refractivity contribution in [1.82, 2.24) is 4.90 Å². The van der Waals surface area contributed by atoms with E-state index < -0.39 is 17.7 Å². The lowest BCUT2D eigenvalue weighted by molar-refractivity contribution is -0.130. The Labute approximate surface area is 155 Å². The number of amides is 1. The van der Waals surface area contributed by atoms with Gasteiger partial charge >= 0.3 is 0 Å². The summed E-state index contributed by atoms with van der Waals surface area (Å²) in [6, 6.07) is 7.14. The number of carbonyl (C=O) groups is 2. The zero-order valence-corrected chi connectivity index (χ0v) is 16.3. The molecule has 1 atom stereocenters. The van der Waals surface area contributed by atoms with Gasteiger partial charge in [-0.2, -0.15) is 0 Å². The average molecular weight is 359 g/mol. The number of rotatable bonds is 8. The van der Waals surface area contributed by atoms with Crippen LogP contribution in [-0.4, -0.2) is 41.0 Å². The van der Waals surface area contributed by atoms with Crippen LogP contribution < -0.4 is 0 Å². The Balaban J connectivity index is 2.40. The van der Waals surface area contributed by atoms with Gasteiger partial charge in [-0.3, -0.25) is 9.59 Å². The maximum Gasteiger partial charge on any atom is 0.290 e. The summed E-state index contributed by atoms with van der Waals surface area (Å²) in [5, 5.41) is 10.4. The Hall–Kier alpha value is -2.14. The lowest BCUT2D eigenvalue weighted by Gasteiger charge is -2.27. The van der Waals surface area contributed by atoms with Gasteiger partial charge < -0.3 is 14.7 Å². The molecule has 26 heavy (non-hydrogen) atoms. The summed E-state index contributed by atoms with van der Waals surface area (Å²) in [7, 11) is 0. The van der Waals surface area contributed by atoms with Crippen LogP contribution in [0, 0.1) is 12.8 Å². The summed E-state index contributed by atoms with van der Waals surface area (Å²) in [6.45, 7) is 10.4. The largest absolute Gasteiger partial charge is 0.503 e. The van der Waals surface area contributed by atoms with Crippen LogP contribution >= 0.6 is 0 Å². The zero-order chi connectivity index (χ0) is 19.4. The minimum Gasteiger partial charge on any atom is -0.503 e. The third-order valence-corrected chi connectivity index (χ3v) is 4.34. The van der Waals surface area contributed by atoms with Crippen molar-refractivity contribution in [1.29, 1.82) is 0 Å². The van der Waals surface area contributed by atoms with E-state index in [0.29, 0.717) is 19.6 Å². The number of nitrogens with zero attached hydrogens (tertiary/aromatic N) is 1. The van der Waals surface area contributed by atoms with E-state index in [-0.39, 0.29) is 23.4 Å². The van der Waals surface area contributed by atoms with Crippen LogP contribution in [0.3, 0.4) is 0 Å². The minimum absolute atomic E-state index is 0.0497. The van der Waals surface area contributed by atoms with E-state index in [1.165, 1.54) is 0 Å². The number of aryl methyl sites for hydroxylation is 1. The number of benzene rings is 1. The van der Waals surface area contributed by atoms with Crippen molar-refractivity contribution in [2.75, 3.05) is 13.2 Å². The van der Waals surface area contributed by atoms with Crippen LogP contribution in [0.1, 0.15) is 51.3 Å². The van der Waals surface area contributed by atoms with E-state index in [1.54, 1.807) is 4.90 Å². The summed E-state index contributed by atoms with van der Waals surface area (Å²) in [5.41, 5.74) is 2.08. The highest BCUT2D eigenvalue weighted by Gasteiger charge is 2.43. The van der Waals surface area contributed by atoms with Crippen LogP contribution in [0.25, 0.3) is 0 Å². The third kappa shape index (κ3) is 4.52. The number of Topliss-reactive ketones (excluding diaryl/α,β-unsaturated/α-hetero) is 1. The fraction of sp³-hybridized carbons (Fsp3) is 0.524. The van der Waals surface area contributed by atoms with Crippen molar-refractivity contribution in [2.24, 2.45) is 5.92 Å². The predicted octanol–water partition coefficient (Wildman–Crippen LogP) is 3.73. The molecule has 0 bridgehead atoms. The molecule has 1 aromatic carbocycles. The number of aliphatic hydroxyl groups excluding tert-OH is 1. The maximum atomic E-state index is 12.8. The summed E-state index contributed by atoms with van der Waals surface area (Å²) in [6.07, 6.45) is 0.347. The highest BCUT2D eigenvalue weighted by Crippen LogP contribution is 2.38. The quantitative estimate of drug-likeness (QED) is 0.768. The van der Waals surface area contributed by atoms with Gasteiger partial charge in [0.2, 0.25) is 0 Å². The Morgan fingerprint density at radius 2 is 1.96 bits per heavy atom. The van der Waals surface area contributed by atoms with Gasteiger partial charge in [0.1, 0.15) is 0 Å². The molecule has 2 rings (SSSR count). The van der Waals surface area contributed by atoms with Gasteiger partial charge in [0, 0.05) is 13.0 Å². The Kier molecular flexibility index (Phi) is 6.59. The lowest BCUT2D eigenvalue weighted by atomic mass is 9.91. The molecule has 1 aromatic rings. The van der Waals surface area contributed by atoms with Crippen LogP contribution in [-0.2, 0) is 14.3 Å². The Morgan fingerprint density at radius 1 is 1.27 bits per heavy atom. The van der Waals surface area contributed by atoms with Crippen LogP contribution in [0.15, 0.2) is 35.6 Å². The SMILES string of the molecule is Cc1cccc(C2C(C(=O)CC(C)C)=C(O)C(=O)N2CCOC(C)C)c1. The molecule has 0 fully saturated rings. The monoisotopic (exact) mass is 359 g/mol. The van der Waals surface area contributed by atoms with Crippen molar-refractivity contribution >= 4 is 11.7 Å². The Bertz CT molecular complexity index is 706. The van der Waals surface area contributed by atoms with E-state index in [1.807, 2.05) is 58.9 Å². The van der Waals surface area contributed by atoms with Crippen molar-refractivity contribution < 1.29 is 19.4 Å². The van der Waals surface area contributed by atoms with Crippen LogP contribution in [0.4, 0.5) is 0 Å². The van der Waals surface area contributed by atoms with E-state index in [2.05, 4.69) is 0 Å². The number of hydrogen-bond acceptors (Lipinski definition) is 4. The summed E-state index contributed by atoms with van der Waals surface area (Å²) >= 11 is 0. The highest BCUT2D eigenvalue weighted by molar-refractivity contribution is 6.09. The smallest absolute Gasteiger partial charge is 0.290 e. The van der Waals surface area contributed by atoms with Crippen LogP contribution in [0.5, 0.6) is 0 Å². The molecular weight excluding hydrogens is 330 g/mol. The first kappa shape index (κ1) is 20.2. The number of aliphatic hydroxyl groups is 1. The molecule has 5 nitrogen and oxygen atoms in total. The number of ether oxygens (including phenoxy) is 1. The molecule has 1 heterocycles. The summed E-state index contributed by atoms with van der Waals surface area (Å²) in [5.74, 6) is -0.957. The molecule has 1 aliphatic rings. The molecule has 5 heteroatoms.